The number of hydrogen-bond acceptors (Lipinski definition) is 4. The van der Waals surface area contributed by atoms with Gasteiger partial charge in [-0.15, -0.1) is 0 Å². The van der Waals surface area contributed by atoms with Gasteiger partial charge in [-0.2, -0.15) is 0 Å². The standard InChI is InChI=1S/C14H27N2O3P/c1-11(2)16(12(3)4)20(18-10-8-15-6)19-14-7-9-17-13(14)5/h11-14H,7-10H2,1-5H3/t13-,14+,20?/m1/s1/i5D,9T/t9-,13-,14+,20?. The van der Waals surface area contributed by atoms with E-state index in [9.17, 15) is 0 Å². The van der Waals surface area contributed by atoms with Crippen LogP contribution in [-0.4, -0.2) is 48.7 Å². The van der Waals surface area contributed by atoms with Gasteiger partial charge >= 0.3 is 0 Å². The van der Waals surface area contributed by atoms with Crippen LogP contribution in [0, 0.1) is 6.57 Å². The summed E-state index contributed by atoms with van der Waals surface area (Å²) in [5, 5.41) is 0. The monoisotopic (exact) mass is 305 g/mol. The molecule has 1 aliphatic heterocycles. The van der Waals surface area contributed by atoms with Crippen molar-refractivity contribution in [2.45, 2.75) is 65.3 Å². The van der Waals surface area contributed by atoms with Gasteiger partial charge in [-0.05, 0) is 41.0 Å². The first-order valence-electron chi connectivity index (χ1n) is 8.27. The molecule has 0 aliphatic carbocycles. The summed E-state index contributed by atoms with van der Waals surface area (Å²) in [6, 6.07) is 0.477. The highest BCUT2D eigenvalue weighted by molar-refractivity contribution is 7.44. The fourth-order valence-electron chi connectivity index (χ4n) is 2.03. The van der Waals surface area contributed by atoms with Crippen LogP contribution in [0.1, 0.15) is 43.8 Å². The molecule has 0 aromatic heterocycles. The molecular weight excluding hydrogens is 275 g/mol. The molecule has 5 nitrogen and oxygen atoms in total. The van der Waals surface area contributed by atoms with Crippen molar-refractivity contribution in [2.24, 2.45) is 0 Å². The highest BCUT2D eigenvalue weighted by Crippen LogP contribution is 2.48. The Kier molecular flexibility index (Phi) is 6.55. The molecule has 1 unspecified atom stereocenters. The molecular formula is C14H27N2O3P. The minimum atomic E-state index is -1.33. The molecule has 1 aliphatic rings. The molecule has 1 fully saturated rings. The predicted molar refractivity (Wildman–Crippen MR) is 81.4 cm³/mol. The van der Waals surface area contributed by atoms with Crippen LogP contribution in [0.15, 0.2) is 0 Å². The summed E-state index contributed by atoms with van der Waals surface area (Å²) in [6.07, 6.45) is -0.212. The van der Waals surface area contributed by atoms with Crippen LogP contribution in [0.25, 0.3) is 4.85 Å². The fourth-order valence-corrected chi connectivity index (χ4v) is 3.78. The third-order valence-electron chi connectivity index (χ3n) is 2.89. The van der Waals surface area contributed by atoms with E-state index in [1.165, 1.54) is 0 Å². The minimum absolute atomic E-state index is 0.0780. The van der Waals surface area contributed by atoms with E-state index in [-0.39, 0.29) is 31.2 Å². The zero-order chi connectivity index (χ0) is 16.7. The third-order valence-corrected chi connectivity index (χ3v) is 5.05. The molecule has 0 bridgehead atoms. The van der Waals surface area contributed by atoms with Crippen molar-refractivity contribution in [3.8, 4) is 0 Å². The van der Waals surface area contributed by atoms with Gasteiger partial charge in [0.1, 0.15) is 6.61 Å². The van der Waals surface area contributed by atoms with Crippen LogP contribution in [0.5, 0.6) is 0 Å². The Morgan fingerprint density at radius 2 is 2.25 bits per heavy atom. The molecule has 20 heavy (non-hydrogen) atoms. The lowest BCUT2D eigenvalue weighted by atomic mass is 10.2. The van der Waals surface area contributed by atoms with Crippen molar-refractivity contribution in [3.05, 3.63) is 11.4 Å². The summed E-state index contributed by atoms with van der Waals surface area (Å²) in [4.78, 5) is 3.31. The Balaban J connectivity index is 2.78. The smallest absolute Gasteiger partial charge is 0.259 e. The van der Waals surface area contributed by atoms with Crippen LogP contribution in [0.2, 0.25) is 0 Å². The largest absolute Gasteiger partial charge is 0.376 e. The number of nitrogens with zero attached hydrogens (tertiary/aromatic N) is 2. The summed E-state index contributed by atoms with van der Waals surface area (Å²) >= 11 is 0. The second kappa shape index (κ2) is 8.92. The molecule has 1 heterocycles. The molecule has 0 saturated carbocycles. The zero-order valence-corrected chi connectivity index (χ0v) is 13.7. The lowest BCUT2D eigenvalue weighted by Gasteiger charge is -2.37. The Morgan fingerprint density at radius 3 is 2.80 bits per heavy atom. The van der Waals surface area contributed by atoms with Gasteiger partial charge in [0.2, 0.25) is 6.54 Å². The van der Waals surface area contributed by atoms with Gasteiger partial charge in [0.15, 0.2) is 0 Å². The molecule has 0 amide bonds. The van der Waals surface area contributed by atoms with E-state index in [2.05, 4.69) is 37.2 Å². The van der Waals surface area contributed by atoms with Crippen molar-refractivity contribution in [1.82, 2.24) is 4.67 Å². The quantitative estimate of drug-likeness (QED) is 0.391. The first kappa shape index (κ1) is 14.7. The van der Waals surface area contributed by atoms with Gasteiger partial charge in [0.25, 0.3) is 8.53 Å². The molecule has 0 radical (unpaired) electrons. The lowest BCUT2D eigenvalue weighted by molar-refractivity contribution is 0.0548. The molecule has 0 N–H and O–H groups in total. The maximum Gasteiger partial charge on any atom is 0.259 e. The van der Waals surface area contributed by atoms with Crippen molar-refractivity contribution >= 4 is 8.53 Å². The highest BCUT2D eigenvalue weighted by Gasteiger charge is 2.34. The topological polar surface area (TPSA) is 35.3 Å². The maximum absolute atomic E-state index is 7.71. The van der Waals surface area contributed by atoms with Gasteiger partial charge in [0, 0.05) is 20.0 Å². The summed E-state index contributed by atoms with van der Waals surface area (Å²) in [6.45, 7) is 15.3. The van der Waals surface area contributed by atoms with E-state index >= 15 is 0 Å². The summed E-state index contributed by atoms with van der Waals surface area (Å²) < 4.78 is 34.7. The van der Waals surface area contributed by atoms with Gasteiger partial charge < -0.3 is 18.6 Å². The maximum atomic E-state index is 7.71. The van der Waals surface area contributed by atoms with Crippen molar-refractivity contribution < 1.29 is 16.5 Å². The molecule has 0 aromatic rings. The summed E-state index contributed by atoms with van der Waals surface area (Å²) in [7, 11) is -1.33. The van der Waals surface area contributed by atoms with E-state index in [4.69, 9.17) is 23.1 Å². The summed E-state index contributed by atoms with van der Waals surface area (Å²) in [5.74, 6) is 0. The van der Waals surface area contributed by atoms with Crippen LogP contribution in [0.3, 0.4) is 0 Å². The number of rotatable bonds is 8. The van der Waals surface area contributed by atoms with Crippen molar-refractivity contribution in [1.29, 1.82) is 0 Å². The van der Waals surface area contributed by atoms with Crippen molar-refractivity contribution in [3.63, 3.8) is 0 Å². The Hall–Kier alpha value is -0.240. The Labute approximate surface area is 127 Å². The van der Waals surface area contributed by atoms with Gasteiger partial charge in [0.05, 0.1) is 13.6 Å². The van der Waals surface area contributed by atoms with Crippen LogP contribution in [-0.2, 0) is 13.8 Å². The number of hydrogen-bond donors (Lipinski definition) is 0. The first-order valence-corrected chi connectivity index (χ1v) is 8.11. The lowest BCUT2D eigenvalue weighted by Crippen LogP contribution is -2.35. The number of ether oxygens (including phenoxy) is 1. The van der Waals surface area contributed by atoms with E-state index in [1.54, 1.807) is 0 Å². The van der Waals surface area contributed by atoms with Crippen LogP contribution < -0.4 is 0 Å². The Bertz CT molecular complexity index is 360. The normalized spacial score (nSPS) is 29.6. The Morgan fingerprint density at radius 1 is 1.55 bits per heavy atom. The van der Waals surface area contributed by atoms with Gasteiger partial charge in [-0.3, -0.25) is 0 Å². The summed E-state index contributed by atoms with van der Waals surface area (Å²) in [5.41, 5.74) is 0. The minimum Gasteiger partial charge on any atom is -0.376 e. The average Bonchev–Trinajstić information content (AvgIpc) is 2.78. The van der Waals surface area contributed by atoms with Gasteiger partial charge in [-0.1, -0.05) is 0 Å². The SMILES string of the molecule is [2H]C[C@H]1O[C@H]([3H])C[C@@H]1OP(OCC[N+]#[C-])N(C(C)C)C(C)C. The van der Waals surface area contributed by atoms with Crippen LogP contribution >= 0.6 is 8.53 Å². The molecule has 1 rings (SSSR count). The third kappa shape index (κ3) is 5.27. The zero-order valence-electron chi connectivity index (χ0n) is 14.8. The van der Waals surface area contributed by atoms with E-state index in [0.29, 0.717) is 19.6 Å². The molecule has 6 heteroatoms. The van der Waals surface area contributed by atoms with E-state index < -0.39 is 15.1 Å². The molecule has 0 spiro atoms. The average molecular weight is 305 g/mol. The molecule has 4 atom stereocenters. The predicted octanol–water partition coefficient (Wildman–Crippen LogP) is 3.46. The van der Waals surface area contributed by atoms with Crippen molar-refractivity contribution in [2.75, 3.05) is 19.7 Å². The second-order valence-corrected chi connectivity index (χ2v) is 6.65. The van der Waals surface area contributed by atoms with Crippen LogP contribution in [0.4, 0.5) is 0 Å². The van der Waals surface area contributed by atoms with Gasteiger partial charge in [-0.25, -0.2) is 11.2 Å². The van der Waals surface area contributed by atoms with E-state index in [1.807, 2.05) is 0 Å². The molecule has 1 saturated heterocycles. The fraction of sp³-hybridized carbons (Fsp3) is 0.929. The molecule has 116 valence electrons. The molecule has 0 aromatic carbocycles. The first-order chi connectivity index (χ1) is 10.4. The van der Waals surface area contributed by atoms with E-state index in [0.717, 1.165) is 0 Å². The second-order valence-electron chi connectivity index (χ2n) is 5.24. The highest BCUT2D eigenvalue weighted by atomic mass is 31.2.